The molecule has 1 atom stereocenters. The number of rotatable bonds is 3. The average Bonchev–Trinajstić information content (AvgIpc) is 2.61. The monoisotopic (exact) mass is 326 g/mol. The van der Waals surface area contributed by atoms with Crippen molar-refractivity contribution in [2.24, 2.45) is 5.73 Å². The second-order valence-electron chi connectivity index (χ2n) is 6.04. The molecule has 0 saturated carbocycles. The molecule has 0 bridgehead atoms. The number of carbonyl (C=O) groups excluding carboxylic acids is 2. The largest absolute Gasteiger partial charge is 0.337 e. The minimum Gasteiger partial charge on any atom is -0.337 e. The standard InChI is InChI=1S/C19H19FN2O2/c20-14-9-7-13(8-10-14)18(23)16-5-1-2-6-17(16)19(24)22-11-3-4-15(21)12-22/h1-2,5-10,15H,3-4,11-12,21H2. The lowest BCUT2D eigenvalue weighted by Gasteiger charge is -2.31. The Labute approximate surface area is 140 Å². The van der Waals surface area contributed by atoms with Crippen molar-refractivity contribution in [2.45, 2.75) is 18.9 Å². The summed E-state index contributed by atoms with van der Waals surface area (Å²) in [4.78, 5) is 27.2. The van der Waals surface area contributed by atoms with Crippen molar-refractivity contribution in [1.29, 1.82) is 0 Å². The molecule has 0 radical (unpaired) electrons. The molecule has 5 heteroatoms. The quantitative estimate of drug-likeness (QED) is 0.882. The number of carbonyl (C=O) groups is 2. The first-order chi connectivity index (χ1) is 11.6. The molecule has 2 N–H and O–H groups in total. The van der Waals surface area contributed by atoms with Crippen LogP contribution in [0, 0.1) is 5.82 Å². The Morgan fingerprint density at radius 2 is 1.71 bits per heavy atom. The maximum absolute atomic E-state index is 13.1. The fraction of sp³-hybridized carbons (Fsp3) is 0.263. The van der Waals surface area contributed by atoms with Crippen molar-refractivity contribution in [2.75, 3.05) is 13.1 Å². The molecule has 2 aromatic rings. The predicted molar refractivity (Wildman–Crippen MR) is 89.4 cm³/mol. The van der Waals surface area contributed by atoms with Gasteiger partial charge in [0.2, 0.25) is 0 Å². The maximum Gasteiger partial charge on any atom is 0.254 e. The molecule has 124 valence electrons. The summed E-state index contributed by atoms with van der Waals surface area (Å²) in [6.07, 6.45) is 1.76. The summed E-state index contributed by atoms with van der Waals surface area (Å²) in [7, 11) is 0. The molecule has 24 heavy (non-hydrogen) atoms. The summed E-state index contributed by atoms with van der Waals surface area (Å²) in [5.74, 6) is -0.880. The lowest BCUT2D eigenvalue weighted by molar-refractivity contribution is 0.0705. The van der Waals surface area contributed by atoms with Gasteiger partial charge in [0.25, 0.3) is 5.91 Å². The van der Waals surface area contributed by atoms with Gasteiger partial charge in [-0.1, -0.05) is 18.2 Å². The van der Waals surface area contributed by atoms with E-state index >= 15 is 0 Å². The van der Waals surface area contributed by atoms with E-state index in [1.807, 2.05) is 0 Å². The highest BCUT2D eigenvalue weighted by Gasteiger charge is 2.25. The van der Waals surface area contributed by atoms with E-state index in [2.05, 4.69) is 0 Å². The number of halogens is 1. The third-order valence-electron chi connectivity index (χ3n) is 4.25. The Hall–Kier alpha value is -2.53. The van der Waals surface area contributed by atoms with E-state index in [9.17, 15) is 14.0 Å². The molecule has 1 aliphatic heterocycles. The van der Waals surface area contributed by atoms with Crippen LogP contribution in [0.25, 0.3) is 0 Å². The molecule has 1 saturated heterocycles. The fourth-order valence-corrected chi connectivity index (χ4v) is 2.99. The molecular weight excluding hydrogens is 307 g/mol. The highest BCUT2D eigenvalue weighted by molar-refractivity contribution is 6.15. The lowest BCUT2D eigenvalue weighted by Crippen LogP contribution is -2.46. The Morgan fingerprint density at radius 1 is 1.04 bits per heavy atom. The van der Waals surface area contributed by atoms with Gasteiger partial charge in [-0.25, -0.2) is 4.39 Å². The van der Waals surface area contributed by atoms with Crippen molar-refractivity contribution >= 4 is 11.7 Å². The topological polar surface area (TPSA) is 63.4 Å². The highest BCUT2D eigenvalue weighted by Crippen LogP contribution is 2.19. The molecule has 1 aliphatic rings. The first-order valence-corrected chi connectivity index (χ1v) is 8.00. The molecular formula is C19H19FN2O2. The van der Waals surface area contributed by atoms with Crippen molar-refractivity contribution in [3.63, 3.8) is 0 Å². The van der Waals surface area contributed by atoms with Gasteiger partial charge in [0.05, 0.1) is 5.56 Å². The van der Waals surface area contributed by atoms with Crippen LogP contribution in [0.2, 0.25) is 0 Å². The Morgan fingerprint density at radius 3 is 2.38 bits per heavy atom. The molecule has 0 spiro atoms. The van der Waals surface area contributed by atoms with Crippen LogP contribution < -0.4 is 5.73 Å². The van der Waals surface area contributed by atoms with Crippen molar-refractivity contribution in [1.82, 2.24) is 4.90 Å². The van der Waals surface area contributed by atoms with Gasteiger partial charge >= 0.3 is 0 Å². The minimum atomic E-state index is -0.404. The zero-order valence-electron chi connectivity index (χ0n) is 13.2. The van der Waals surface area contributed by atoms with E-state index < -0.39 is 5.82 Å². The minimum absolute atomic E-state index is 0.0253. The first kappa shape index (κ1) is 16.3. The average molecular weight is 326 g/mol. The third-order valence-corrected chi connectivity index (χ3v) is 4.25. The first-order valence-electron chi connectivity index (χ1n) is 8.00. The molecule has 2 aromatic carbocycles. The number of ketones is 1. The Bertz CT molecular complexity index is 758. The zero-order valence-corrected chi connectivity index (χ0v) is 13.2. The molecule has 1 heterocycles. The van der Waals surface area contributed by atoms with Crippen molar-refractivity contribution in [3.05, 3.63) is 71.0 Å². The zero-order chi connectivity index (χ0) is 17.1. The molecule has 0 aromatic heterocycles. The highest BCUT2D eigenvalue weighted by atomic mass is 19.1. The second kappa shape index (κ2) is 6.93. The SMILES string of the molecule is NC1CCCN(C(=O)c2ccccc2C(=O)c2ccc(F)cc2)C1. The van der Waals surface area contributed by atoms with Gasteiger partial charge in [-0.2, -0.15) is 0 Å². The van der Waals surface area contributed by atoms with Crippen LogP contribution in [0.1, 0.15) is 39.1 Å². The van der Waals surface area contributed by atoms with Gasteiger partial charge in [0, 0.05) is 30.3 Å². The predicted octanol–water partition coefficient (Wildman–Crippen LogP) is 2.62. The third kappa shape index (κ3) is 3.36. The number of amides is 1. The summed E-state index contributed by atoms with van der Waals surface area (Å²) < 4.78 is 13.1. The van der Waals surface area contributed by atoms with Crippen LogP contribution in [0.15, 0.2) is 48.5 Å². The maximum atomic E-state index is 13.1. The molecule has 0 aliphatic carbocycles. The fourth-order valence-electron chi connectivity index (χ4n) is 2.99. The molecule has 1 fully saturated rings. The smallest absolute Gasteiger partial charge is 0.254 e. The number of nitrogens with two attached hydrogens (primary N) is 1. The Balaban J connectivity index is 1.91. The molecule has 4 nitrogen and oxygen atoms in total. The lowest BCUT2D eigenvalue weighted by atomic mass is 9.96. The van der Waals surface area contributed by atoms with Crippen molar-refractivity contribution < 1.29 is 14.0 Å². The summed E-state index contributed by atoms with van der Waals surface area (Å²) in [6.45, 7) is 1.14. The number of piperidine rings is 1. The molecule has 1 unspecified atom stereocenters. The van der Waals surface area contributed by atoms with E-state index in [0.717, 1.165) is 12.8 Å². The van der Waals surface area contributed by atoms with Crippen LogP contribution in [0.5, 0.6) is 0 Å². The number of hydrogen-bond donors (Lipinski definition) is 1. The summed E-state index contributed by atoms with van der Waals surface area (Å²) in [5, 5.41) is 0. The number of nitrogens with zero attached hydrogens (tertiary/aromatic N) is 1. The molecule has 1 amide bonds. The summed E-state index contributed by atoms with van der Waals surface area (Å²) in [6, 6.07) is 12.0. The van der Waals surface area contributed by atoms with Crippen LogP contribution in [-0.4, -0.2) is 35.7 Å². The van der Waals surface area contributed by atoms with E-state index in [1.54, 1.807) is 29.2 Å². The van der Waals surface area contributed by atoms with Gasteiger partial charge in [-0.15, -0.1) is 0 Å². The number of likely N-dealkylation sites (tertiary alicyclic amines) is 1. The van der Waals surface area contributed by atoms with Crippen molar-refractivity contribution in [3.8, 4) is 0 Å². The van der Waals surface area contributed by atoms with Gasteiger partial charge < -0.3 is 10.6 Å². The summed E-state index contributed by atoms with van der Waals surface area (Å²) >= 11 is 0. The van der Waals surface area contributed by atoms with Crippen LogP contribution in [-0.2, 0) is 0 Å². The van der Waals surface area contributed by atoms with Crippen LogP contribution in [0.3, 0.4) is 0 Å². The van der Waals surface area contributed by atoms with Gasteiger partial charge in [-0.05, 0) is 43.2 Å². The van der Waals surface area contributed by atoms with Gasteiger partial charge in [0.1, 0.15) is 5.82 Å². The number of hydrogen-bond acceptors (Lipinski definition) is 3. The second-order valence-corrected chi connectivity index (χ2v) is 6.04. The normalized spacial score (nSPS) is 17.6. The van der Waals surface area contributed by atoms with E-state index in [4.69, 9.17) is 5.73 Å². The Kier molecular flexibility index (Phi) is 4.71. The van der Waals surface area contributed by atoms with Crippen LogP contribution >= 0.6 is 0 Å². The van der Waals surface area contributed by atoms with Gasteiger partial charge in [0.15, 0.2) is 5.78 Å². The van der Waals surface area contributed by atoms with Crippen LogP contribution in [0.4, 0.5) is 4.39 Å². The van der Waals surface area contributed by atoms with Gasteiger partial charge in [-0.3, -0.25) is 9.59 Å². The summed E-state index contributed by atoms with van der Waals surface area (Å²) in [5.41, 5.74) is 6.99. The molecule has 3 rings (SSSR count). The van der Waals surface area contributed by atoms with E-state index in [-0.39, 0.29) is 17.7 Å². The van der Waals surface area contributed by atoms with E-state index in [0.29, 0.717) is 29.8 Å². The number of benzene rings is 2. The van der Waals surface area contributed by atoms with E-state index in [1.165, 1.54) is 24.3 Å².